The summed E-state index contributed by atoms with van der Waals surface area (Å²) in [5.74, 6) is 1.38. The Balaban J connectivity index is 1.30. The van der Waals surface area contributed by atoms with E-state index in [2.05, 4.69) is 5.32 Å². The molecule has 136 valence electrons. The van der Waals surface area contributed by atoms with Gasteiger partial charge in [0.25, 0.3) is 5.91 Å². The monoisotopic (exact) mass is 346 g/mol. The Hall–Kier alpha value is -1.82. The Labute approximate surface area is 147 Å². The molecule has 2 bridgehead atoms. The summed E-state index contributed by atoms with van der Waals surface area (Å²) >= 11 is 0. The van der Waals surface area contributed by atoms with Gasteiger partial charge in [-0.1, -0.05) is 0 Å². The summed E-state index contributed by atoms with van der Waals surface area (Å²) in [6, 6.07) is 1.81. The topological polar surface area (TPSA) is 82.8 Å². The summed E-state index contributed by atoms with van der Waals surface area (Å²) in [4.78, 5) is 26.8. The number of hydrogen-bond acceptors (Lipinski definition) is 4. The van der Waals surface area contributed by atoms with Gasteiger partial charge in [-0.3, -0.25) is 9.59 Å². The van der Waals surface area contributed by atoms with Crippen molar-refractivity contribution < 1.29 is 19.1 Å². The molecule has 0 spiro atoms. The molecule has 1 aromatic heterocycles. The fraction of sp³-hybridized carbons (Fsp3) is 0.684. The van der Waals surface area contributed by atoms with Gasteiger partial charge in [0, 0.05) is 37.6 Å². The molecule has 2 saturated carbocycles. The second kappa shape index (κ2) is 6.83. The van der Waals surface area contributed by atoms with Crippen molar-refractivity contribution in [3.05, 3.63) is 24.2 Å². The number of nitrogens with one attached hydrogen (secondary N) is 1. The van der Waals surface area contributed by atoms with E-state index in [-0.39, 0.29) is 36.3 Å². The standard InChI is InChI=1S/C19H26N2O4/c22-10-16-13-1-2-14(9-13)17(16)20-18(23)12-3-6-21(7-4-12)19(24)15-5-8-25-11-15/h5,8,11-14,16-17,22H,1-4,6-7,9-10H2,(H,20,23). The van der Waals surface area contributed by atoms with Crippen LogP contribution in [0.5, 0.6) is 0 Å². The van der Waals surface area contributed by atoms with Gasteiger partial charge in [0.2, 0.25) is 5.91 Å². The lowest BCUT2D eigenvalue weighted by molar-refractivity contribution is -0.127. The highest BCUT2D eigenvalue weighted by molar-refractivity contribution is 5.94. The largest absolute Gasteiger partial charge is 0.472 e. The molecular formula is C19H26N2O4. The van der Waals surface area contributed by atoms with E-state index in [0.717, 1.165) is 6.42 Å². The molecule has 2 N–H and O–H groups in total. The van der Waals surface area contributed by atoms with Gasteiger partial charge in [0.15, 0.2) is 0 Å². The maximum Gasteiger partial charge on any atom is 0.257 e. The molecule has 25 heavy (non-hydrogen) atoms. The van der Waals surface area contributed by atoms with Gasteiger partial charge >= 0.3 is 0 Å². The predicted octanol–water partition coefficient (Wildman–Crippen LogP) is 1.65. The quantitative estimate of drug-likeness (QED) is 0.868. The summed E-state index contributed by atoms with van der Waals surface area (Å²) in [5, 5.41) is 12.9. The van der Waals surface area contributed by atoms with Crippen molar-refractivity contribution in [1.29, 1.82) is 0 Å². The summed E-state index contributed by atoms with van der Waals surface area (Å²) in [5.41, 5.74) is 0.565. The number of aliphatic hydroxyl groups excluding tert-OH is 1. The number of hydrogen-bond donors (Lipinski definition) is 2. The highest BCUT2D eigenvalue weighted by Gasteiger charge is 2.48. The third-order valence-electron chi connectivity index (χ3n) is 6.53. The van der Waals surface area contributed by atoms with Crippen molar-refractivity contribution in [1.82, 2.24) is 10.2 Å². The van der Waals surface area contributed by atoms with Crippen LogP contribution >= 0.6 is 0 Å². The van der Waals surface area contributed by atoms with Crippen LogP contribution in [0.25, 0.3) is 0 Å². The van der Waals surface area contributed by atoms with Crippen LogP contribution in [0.1, 0.15) is 42.5 Å². The van der Waals surface area contributed by atoms with E-state index < -0.39 is 0 Å². The van der Waals surface area contributed by atoms with E-state index in [1.165, 1.54) is 25.4 Å². The number of nitrogens with zero attached hydrogens (tertiary/aromatic N) is 1. The zero-order chi connectivity index (χ0) is 17.4. The number of amides is 2. The lowest BCUT2D eigenvalue weighted by atomic mass is 9.84. The van der Waals surface area contributed by atoms with Crippen molar-refractivity contribution in [2.75, 3.05) is 19.7 Å². The molecule has 3 aliphatic rings. The van der Waals surface area contributed by atoms with E-state index in [4.69, 9.17) is 4.42 Å². The highest BCUT2D eigenvalue weighted by atomic mass is 16.3. The minimum Gasteiger partial charge on any atom is -0.472 e. The zero-order valence-corrected chi connectivity index (χ0v) is 14.4. The van der Waals surface area contributed by atoms with Crippen molar-refractivity contribution in [3.8, 4) is 0 Å². The maximum absolute atomic E-state index is 12.7. The molecule has 6 heteroatoms. The minimum absolute atomic E-state index is 0.0268. The van der Waals surface area contributed by atoms with Crippen LogP contribution in [0.2, 0.25) is 0 Å². The van der Waals surface area contributed by atoms with E-state index in [0.29, 0.717) is 43.3 Å². The number of furan rings is 1. The lowest BCUT2D eigenvalue weighted by Crippen LogP contribution is -2.49. The van der Waals surface area contributed by atoms with E-state index in [9.17, 15) is 14.7 Å². The number of likely N-dealkylation sites (tertiary alicyclic amines) is 1. The first kappa shape index (κ1) is 16.6. The molecule has 4 rings (SSSR count). The Kier molecular flexibility index (Phi) is 4.54. The first-order valence-corrected chi connectivity index (χ1v) is 9.40. The van der Waals surface area contributed by atoms with Crippen LogP contribution in [0, 0.1) is 23.7 Å². The molecule has 3 fully saturated rings. The van der Waals surface area contributed by atoms with Crippen LogP contribution < -0.4 is 5.32 Å². The fourth-order valence-corrected chi connectivity index (χ4v) is 5.09. The lowest BCUT2D eigenvalue weighted by Gasteiger charge is -2.34. The molecule has 1 saturated heterocycles. The van der Waals surface area contributed by atoms with Gasteiger partial charge in [0.05, 0.1) is 11.8 Å². The number of fused-ring (bicyclic) bond motifs is 2. The van der Waals surface area contributed by atoms with Crippen molar-refractivity contribution in [2.45, 2.75) is 38.1 Å². The van der Waals surface area contributed by atoms with E-state index in [1.807, 2.05) is 0 Å². The molecule has 4 atom stereocenters. The molecule has 1 aromatic rings. The molecule has 1 aliphatic heterocycles. The first-order chi connectivity index (χ1) is 12.2. The Morgan fingerprint density at radius 2 is 1.96 bits per heavy atom. The van der Waals surface area contributed by atoms with Gasteiger partial charge in [-0.05, 0) is 50.0 Å². The molecular weight excluding hydrogens is 320 g/mol. The van der Waals surface area contributed by atoms with Crippen molar-refractivity contribution in [3.63, 3.8) is 0 Å². The van der Waals surface area contributed by atoms with Crippen LogP contribution in [0.3, 0.4) is 0 Å². The molecule has 6 nitrogen and oxygen atoms in total. The average Bonchev–Trinajstić information content (AvgIpc) is 3.38. The molecule has 0 aromatic carbocycles. The third kappa shape index (κ3) is 3.08. The number of carbonyl (C=O) groups excluding carboxylic acids is 2. The van der Waals surface area contributed by atoms with Crippen molar-refractivity contribution >= 4 is 11.8 Å². The summed E-state index contributed by atoms with van der Waals surface area (Å²) in [6.07, 6.45) is 7.86. The summed E-state index contributed by atoms with van der Waals surface area (Å²) in [6.45, 7) is 1.37. The normalized spacial score (nSPS) is 32.1. The van der Waals surface area contributed by atoms with Gasteiger partial charge in [0.1, 0.15) is 6.26 Å². The minimum atomic E-state index is -0.0353. The average molecular weight is 346 g/mol. The van der Waals surface area contributed by atoms with Gasteiger partial charge in [-0.15, -0.1) is 0 Å². The fourth-order valence-electron chi connectivity index (χ4n) is 5.09. The molecule has 2 aliphatic carbocycles. The predicted molar refractivity (Wildman–Crippen MR) is 90.7 cm³/mol. The molecule has 4 unspecified atom stereocenters. The smallest absolute Gasteiger partial charge is 0.257 e. The number of aliphatic hydroxyl groups is 1. The van der Waals surface area contributed by atoms with E-state index >= 15 is 0 Å². The van der Waals surface area contributed by atoms with Crippen LogP contribution in [0.4, 0.5) is 0 Å². The van der Waals surface area contributed by atoms with Crippen LogP contribution in [-0.4, -0.2) is 47.6 Å². The summed E-state index contributed by atoms with van der Waals surface area (Å²) < 4.78 is 4.97. The number of piperidine rings is 1. The highest BCUT2D eigenvalue weighted by Crippen LogP contribution is 2.48. The van der Waals surface area contributed by atoms with E-state index in [1.54, 1.807) is 11.0 Å². The number of rotatable bonds is 4. The third-order valence-corrected chi connectivity index (χ3v) is 6.53. The molecule has 2 heterocycles. The molecule has 0 radical (unpaired) electrons. The zero-order valence-electron chi connectivity index (χ0n) is 14.4. The van der Waals surface area contributed by atoms with Crippen LogP contribution in [-0.2, 0) is 4.79 Å². The Morgan fingerprint density at radius 1 is 1.20 bits per heavy atom. The van der Waals surface area contributed by atoms with Gasteiger partial charge < -0.3 is 19.7 Å². The van der Waals surface area contributed by atoms with Gasteiger partial charge in [-0.2, -0.15) is 0 Å². The Morgan fingerprint density at radius 3 is 2.64 bits per heavy atom. The second-order valence-corrected chi connectivity index (χ2v) is 7.79. The van der Waals surface area contributed by atoms with Crippen LogP contribution in [0.15, 0.2) is 23.0 Å². The second-order valence-electron chi connectivity index (χ2n) is 7.79. The maximum atomic E-state index is 12.7. The first-order valence-electron chi connectivity index (χ1n) is 9.40. The number of carbonyl (C=O) groups is 2. The van der Waals surface area contributed by atoms with Crippen molar-refractivity contribution in [2.24, 2.45) is 23.7 Å². The van der Waals surface area contributed by atoms with Gasteiger partial charge in [-0.25, -0.2) is 0 Å². The SMILES string of the molecule is O=C(NC1C2CCC(C2)C1CO)C1CCN(C(=O)c2ccoc2)CC1. The molecule has 2 amide bonds. The summed E-state index contributed by atoms with van der Waals surface area (Å²) in [7, 11) is 0. The Bertz CT molecular complexity index is 621.